The minimum Gasteiger partial charge on any atom is -0.326 e. The number of urea groups is 1. The molecule has 0 fully saturated rings. The molecule has 2 aromatic carbocycles. The zero-order chi connectivity index (χ0) is 17.7. The lowest BCUT2D eigenvalue weighted by Crippen LogP contribution is -2.31. The molecule has 0 aliphatic heterocycles. The zero-order valence-corrected chi connectivity index (χ0v) is 15.6. The van der Waals surface area contributed by atoms with Gasteiger partial charge in [0, 0.05) is 30.7 Å². The zero-order valence-electron chi connectivity index (χ0n) is 13.3. The van der Waals surface area contributed by atoms with Gasteiger partial charge in [0.2, 0.25) is 5.91 Å². The fraction of sp³-hybridized carbons (Fsp3) is 0.176. The fourth-order valence-electron chi connectivity index (χ4n) is 2.06. The fourth-order valence-corrected chi connectivity index (χ4v) is 2.70. The molecule has 0 aliphatic rings. The van der Waals surface area contributed by atoms with Crippen LogP contribution in [-0.4, -0.2) is 23.9 Å². The van der Waals surface area contributed by atoms with E-state index in [-0.39, 0.29) is 11.9 Å². The summed E-state index contributed by atoms with van der Waals surface area (Å²) in [5, 5.41) is 5.74. The summed E-state index contributed by atoms with van der Waals surface area (Å²) < 4.78 is 0.947. The van der Waals surface area contributed by atoms with Crippen LogP contribution in [0.4, 0.5) is 16.2 Å². The number of amides is 3. The first-order chi connectivity index (χ1) is 11.4. The van der Waals surface area contributed by atoms with Crippen LogP contribution in [0.15, 0.2) is 46.9 Å². The predicted octanol–water partition coefficient (Wildman–Crippen LogP) is 4.72. The van der Waals surface area contributed by atoms with Gasteiger partial charge in [0.05, 0.1) is 10.7 Å². The average Bonchev–Trinajstić information content (AvgIpc) is 2.51. The van der Waals surface area contributed by atoms with E-state index in [1.54, 1.807) is 30.1 Å². The Hall–Kier alpha value is -2.05. The minimum atomic E-state index is -0.278. The topological polar surface area (TPSA) is 61.4 Å². The molecule has 126 valence electrons. The Bertz CT molecular complexity index is 767. The molecule has 0 spiro atoms. The first-order valence-electron chi connectivity index (χ1n) is 7.19. The van der Waals surface area contributed by atoms with Gasteiger partial charge in [-0.25, -0.2) is 4.79 Å². The van der Waals surface area contributed by atoms with E-state index in [9.17, 15) is 9.59 Å². The van der Waals surface area contributed by atoms with Gasteiger partial charge >= 0.3 is 6.03 Å². The SMILES string of the molecule is CC(=O)Nc1ccc(NC(=O)N(C)Cc2ccccc2Br)c(Cl)c1. The van der Waals surface area contributed by atoms with Crippen LogP contribution in [0.2, 0.25) is 5.02 Å². The maximum absolute atomic E-state index is 12.3. The summed E-state index contributed by atoms with van der Waals surface area (Å²) in [6.45, 7) is 1.87. The third-order valence-corrected chi connectivity index (χ3v) is 4.33. The third-order valence-electron chi connectivity index (χ3n) is 3.24. The van der Waals surface area contributed by atoms with E-state index in [1.165, 1.54) is 6.92 Å². The highest BCUT2D eigenvalue weighted by Gasteiger charge is 2.13. The highest BCUT2D eigenvalue weighted by atomic mass is 79.9. The molecular weight excluding hydrogens is 394 g/mol. The Morgan fingerprint density at radius 1 is 1.17 bits per heavy atom. The monoisotopic (exact) mass is 409 g/mol. The van der Waals surface area contributed by atoms with Gasteiger partial charge in [-0.05, 0) is 29.8 Å². The molecule has 7 heteroatoms. The molecule has 0 unspecified atom stereocenters. The summed E-state index contributed by atoms with van der Waals surface area (Å²) in [4.78, 5) is 24.9. The summed E-state index contributed by atoms with van der Waals surface area (Å²) in [7, 11) is 1.70. The van der Waals surface area contributed by atoms with Gasteiger partial charge in [-0.3, -0.25) is 4.79 Å². The number of nitrogens with one attached hydrogen (secondary N) is 2. The molecule has 0 heterocycles. The van der Waals surface area contributed by atoms with Gasteiger partial charge < -0.3 is 15.5 Å². The van der Waals surface area contributed by atoms with E-state index >= 15 is 0 Å². The van der Waals surface area contributed by atoms with Crippen molar-refractivity contribution in [2.24, 2.45) is 0 Å². The molecular formula is C17H17BrClN3O2. The lowest BCUT2D eigenvalue weighted by Gasteiger charge is -2.19. The summed E-state index contributed by atoms with van der Waals surface area (Å²) in [5.41, 5.74) is 2.06. The minimum absolute atomic E-state index is 0.184. The maximum Gasteiger partial charge on any atom is 0.321 e. The van der Waals surface area contributed by atoms with Crippen molar-refractivity contribution < 1.29 is 9.59 Å². The molecule has 24 heavy (non-hydrogen) atoms. The Morgan fingerprint density at radius 3 is 2.50 bits per heavy atom. The number of carbonyl (C=O) groups is 2. The summed E-state index contributed by atoms with van der Waals surface area (Å²) in [6.07, 6.45) is 0. The van der Waals surface area contributed by atoms with Crippen LogP contribution in [0.5, 0.6) is 0 Å². The Balaban J connectivity index is 2.03. The molecule has 0 atom stereocenters. The van der Waals surface area contributed by atoms with Crippen molar-refractivity contribution >= 4 is 50.8 Å². The van der Waals surface area contributed by atoms with E-state index in [2.05, 4.69) is 26.6 Å². The van der Waals surface area contributed by atoms with Gasteiger partial charge in [-0.2, -0.15) is 0 Å². The van der Waals surface area contributed by atoms with Crippen molar-refractivity contribution in [3.63, 3.8) is 0 Å². The lowest BCUT2D eigenvalue weighted by molar-refractivity contribution is -0.114. The summed E-state index contributed by atoms with van der Waals surface area (Å²) in [6, 6.07) is 12.4. The quantitative estimate of drug-likeness (QED) is 0.766. The van der Waals surface area contributed by atoms with Crippen LogP contribution in [0.25, 0.3) is 0 Å². The number of halogens is 2. The maximum atomic E-state index is 12.3. The second kappa shape index (κ2) is 8.17. The van der Waals surface area contributed by atoms with Gasteiger partial charge in [0.1, 0.15) is 0 Å². The Morgan fingerprint density at radius 2 is 1.88 bits per heavy atom. The molecule has 0 bridgehead atoms. The largest absolute Gasteiger partial charge is 0.326 e. The van der Waals surface area contributed by atoms with E-state index < -0.39 is 0 Å². The molecule has 5 nitrogen and oxygen atoms in total. The molecule has 0 saturated heterocycles. The number of hydrogen-bond donors (Lipinski definition) is 2. The normalized spacial score (nSPS) is 10.2. The predicted molar refractivity (Wildman–Crippen MR) is 100 cm³/mol. The molecule has 2 N–H and O–H groups in total. The molecule has 0 saturated carbocycles. The van der Waals surface area contributed by atoms with Crippen molar-refractivity contribution in [3.8, 4) is 0 Å². The van der Waals surface area contributed by atoms with Crippen molar-refractivity contribution in [3.05, 3.63) is 57.5 Å². The smallest absolute Gasteiger partial charge is 0.321 e. The Kier molecular flexibility index (Phi) is 6.23. The molecule has 0 aliphatic carbocycles. The van der Waals surface area contributed by atoms with E-state index in [1.807, 2.05) is 24.3 Å². The highest BCUT2D eigenvalue weighted by Crippen LogP contribution is 2.26. The highest BCUT2D eigenvalue weighted by molar-refractivity contribution is 9.10. The van der Waals surface area contributed by atoms with Crippen molar-refractivity contribution in [1.29, 1.82) is 0 Å². The number of nitrogens with zero attached hydrogens (tertiary/aromatic N) is 1. The summed E-state index contributed by atoms with van der Waals surface area (Å²) >= 11 is 9.62. The van der Waals surface area contributed by atoms with Crippen LogP contribution < -0.4 is 10.6 Å². The first-order valence-corrected chi connectivity index (χ1v) is 8.36. The molecule has 0 radical (unpaired) electrons. The van der Waals surface area contributed by atoms with E-state index in [0.717, 1.165) is 10.0 Å². The number of rotatable bonds is 4. The van der Waals surface area contributed by atoms with E-state index in [0.29, 0.717) is 22.9 Å². The molecule has 2 aromatic rings. The summed E-state index contributed by atoms with van der Waals surface area (Å²) in [5.74, 6) is -0.184. The van der Waals surface area contributed by atoms with Gasteiger partial charge in [0.25, 0.3) is 0 Å². The number of anilines is 2. The van der Waals surface area contributed by atoms with Crippen LogP contribution >= 0.6 is 27.5 Å². The van der Waals surface area contributed by atoms with Gasteiger partial charge in [0.15, 0.2) is 0 Å². The average molecular weight is 411 g/mol. The van der Waals surface area contributed by atoms with Crippen LogP contribution in [0.3, 0.4) is 0 Å². The Labute approximate surface area is 154 Å². The number of carbonyl (C=O) groups excluding carboxylic acids is 2. The van der Waals surface area contributed by atoms with Crippen molar-refractivity contribution in [2.75, 3.05) is 17.7 Å². The van der Waals surface area contributed by atoms with Crippen molar-refractivity contribution in [1.82, 2.24) is 4.90 Å². The van der Waals surface area contributed by atoms with Gasteiger partial charge in [-0.15, -0.1) is 0 Å². The first kappa shape index (κ1) is 18.3. The van der Waals surface area contributed by atoms with Crippen LogP contribution in [0, 0.1) is 0 Å². The van der Waals surface area contributed by atoms with Gasteiger partial charge in [-0.1, -0.05) is 45.7 Å². The molecule has 0 aromatic heterocycles. The standard InChI is InChI=1S/C17H17BrClN3O2/c1-11(23)20-13-7-8-16(15(19)9-13)21-17(24)22(2)10-12-5-3-4-6-14(12)18/h3-9H,10H2,1-2H3,(H,20,23)(H,21,24). The molecule has 2 rings (SSSR count). The van der Waals surface area contributed by atoms with Crippen molar-refractivity contribution in [2.45, 2.75) is 13.5 Å². The van der Waals surface area contributed by atoms with Crippen LogP contribution in [-0.2, 0) is 11.3 Å². The second-order valence-electron chi connectivity index (χ2n) is 5.25. The van der Waals surface area contributed by atoms with E-state index in [4.69, 9.17) is 11.6 Å². The second-order valence-corrected chi connectivity index (χ2v) is 6.51. The van der Waals surface area contributed by atoms with Crippen LogP contribution in [0.1, 0.15) is 12.5 Å². The third kappa shape index (κ3) is 4.97. The lowest BCUT2D eigenvalue weighted by atomic mass is 10.2. The number of benzene rings is 2. The number of hydrogen-bond acceptors (Lipinski definition) is 2. The molecule has 3 amide bonds.